The molecule has 21 heavy (non-hydrogen) atoms. The van der Waals surface area contributed by atoms with Crippen molar-refractivity contribution in [1.82, 2.24) is 0 Å². The lowest BCUT2D eigenvalue weighted by Crippen LogP contribution is -2.34. The number of methoxy groups -OCH3 is 1. The molecule has 0 radical (unpaired) electrons. The lowest BCUT2D eigenvalue weighted by atomic mass is 10.2. The first-order chi connectivity index (χ1) is 10.0. The van der Waals surface area contributed by atoms with E-state index in [9.17, 15) is 9.59 Å². The van der Waals surface area contributed by atoms with E-state index in [1.807, 2.05) is 31.2 Å². The number of aliphatic carboxylic acids is 1. The zero-order chi connectivity index (χ0) is 15.7. The van der Waals surface area contributed by atoms with Gasteiger partial charge >= 0.3 is 5.97 Å². The largest absolute Gasteiger partial charge is 0.481 e. The Morgan fingerprint density at radius 3 is 2.52 bits per heavy atom. The zero-order valence-electron chi connectivity index (χ0n) is 12.4. The maximum absolute atomic E-state index is 12.3. The molecule has 0 saturated carbocycles. The van der Waals surface area contributed by atoms with Crippen LogP contribution in [0.3, 0.4) is 0 Å². The van der Waals surface area contributed by atoms with E-state index in [0.717, 1.165) is 17.0 Å². The van der Waals surface area contributed by atoms with E-state index >= 15 is 0 Å². The van der Waals surface area contributed by atoms with Crippen molar-refractivity contribution in [3.8, 4) is 0 Å². The summed E-state index contributed by atoms with van der Waals surface area (Å²) in [7, 11) is 1.62. The molecule has 116 valence electrons. The number of hydrogen-bond acceptors (Lipinski definition) is 4. The zero-order valence-corrected chi connectivity index (χ0v) is 13.2. The number of thioether (sulfide) groups is 1. The van der Waals surface area contributed by atoms with E-state index in [2.05, 4.69) is 0 Å². The number of anilines is 1. The van der Waals surface area contributed by atoms with E-state index in [4.69, 9.17) is 9.84 Å². The molecule has 0 spiro atoms. The summed E-state index contributed by atoms with van der Waals surface area (Å²) in [5.74, 6) is 0.0629. The number of carbonyl (C=O) groups is 2. The van der Waals surface area contributed by atoms with E-state index in [1.165, 1.54) is 16.7 Å². The van der Waals surface area contributed by atoms with Gasteiger partial charge in [0.2, 0.25) is 5.91 Å². The average molecular weight is 311 g/mol. The van der Waals surface area contributed by atoms with Crippen LogP contribution in [0.25, 0.3) is 0 Å². The van der Waals surface area contributed by atoms with Crippen LogP contribution in [0, 0.1) is 6.92 Å². The van der Waals surface area contributed by atoms with Crippen LogP contribution in [0.2, 0.25) is 0 Å². The molecular weight excluding hydrogens is 290 g/mol. The van der Waals surface area contributed by atoms with Gasteiger partial charge in [-0.05, 0) is 19.1 Å². The van der Waals surface area contributed by atoms with Crippen molar-refractivity contribution in [3.05, 3.63) is 29.8 Å². The fourth-order valence-corrected chi connectivity index (χ4v) is 2.47. The third-order valence-electron chi connectivity index (χ3n) is 2.85. The summed E-state index contributed by atoms with van der Waals surface area (Å²) in [6.45, 7) is 2.74. The second-order valence-electron chi connectivity index (χ2n) is 4.57. The third kappa shape index (κ3) is 6.64. The molecule has 1 aromatic rings. The number of rotatable bonds is 9. The van der Waals surface area contributed by atoms with E-state index < -0.39 is 5.97 Å². The molecule has 0 saturated heterocycles. The van der Waals surface area contributed by atoms with Crippen LogP contribution in [-0.2, 0) is 14.3 Å². The monoisotopic (exact) mass is 311 g/mol. The summed E-state index contributed by atoms with van der Waals surface area (Å²) in [5.41, 5.74) is 1.83. The standard InChI is InChI=1S/C15H21NO4S/c1-12-3-5-13(6-4-12)16(8-7-15(18)19)14(17)11-21-10-9-20-2/h3-6H,7-11H2,1-2H3,(H,18,19). The molecule has 0 heterocycles. The minimum atomic E-state index is -0.910. The van der Waals surface area contributed by atoms with E-state index in [-0.39, 0.29) is 18.9 Å². The highest BCUT2D eigenvalue weighted by molar-refractivity contribution is 7.99. The minimum Gasteiger partial charge on any atom is -0.481 e. The van der Waals surface area contributed by atoms with Crippen LogP contribution < -0.4 is 4.90 Å². The summed E-state index contributed by atoms with van der Waals surface area (Å²) in [5, 5.41) is 8.82. The highest BCUT2D eigenvalue weighted by Gasteiger charge is 2.16. The van der Waals surface area contributed by atoms with Crippen molar-refractivity contribution in [2.24, 2.45) is 0 Å². The first-order valence-electron chi connectivity index (χ1n) is 6.70. The third-order valence-corrected chi connectivity index (χ3v) is 3.76. The lowest BCUT2D eigenvalue weighted by Gasteiger charge is -2.22. The number of aryl methyl sites for hydroxylation is 1. The summed E-state index contributed by atoms with van der Waals surface area (Å²) in [6, 6.07) is 7.51. The summed E-state index contributed by atoms with van der Waals surface area (Å²) >= 11 is 1.48. The summed E-state index contributed by atoms with van der Waals surface area (Å²) in [6.07, 6.45) is -0.0671. The highest BCUT2D eigenvalue weighted by atomic mass is 32.2. The number of ether oxygens (including phenoxy) is 1. The minimum absolute atomic E-state index is 0.0671. The van der Waals surface area contributed by atoms with Crippen molar-refractivity contribution < 1.29 is 19.4 Å². The van der Waals surface area contributed by atoms with Gasteiger partial charge in [0.05, 0.1) is 18.8 Å². The van der Waals surface area contributed by atoms with Gasteiger partial charge in [-0.1, -0.05) is 17.7 Å². The van der Waals surface area contributed by atoms with E-state index in [0.29, 0.717) is 12.4 Å². The SMILES string of the molecule is COCCSCC(=O)N(CCC(=O)O)c1ccc(C)cc1. The van der Waals surface area contributed by atoms with Gasteiger partial charge in [0, 0.05) is 25.1 Å². The molecule has 5 nitrogen and oxygen atoms in total. The maximum atomic E-state index is 12.3. The van der Waals surface area contributed by atoms with Gasteiger partial charge in [0.1, 0.15) is 0 Å². The normalized spacial score (nSPS) is 10.4. The predicted molar refractivity (Wildman–Crippen MR) is 85.0 cm³/mol. The molecule has 1 N–H and O–H groups in total. The Morgan fingerprint density at radius 1 is 1.29 bits per heavy atom. The molecule has 1 rings (SSSR count). The molecule has 0 aromatic heterocycles. The maximum Gasteiger partial charge on any atom is 0.305 e. The molecular formula is C15H21NO4S. The lowest BCUT2D eigenvalue weighted by molar-refractivity contribution is -0.136. The quantitative estimate of drug-likeness (QED) is 0.708. The number of benzene rings is 1. The second kappa shape index (κ2) is 9.41. The van der Waals surface area contributed by atoms with Gasteiger partial charge in [-0.15, -0.1) is 11.8 Å². The Hall–Kier alpha value is -1.53. The fraction of sp³-hybridized carbons (Fsp3) is 0.467. The smallest absolute Gasteiger partial charge is 0.305 e. The van der Waals surface area contributed by atoms with Gasteiger partial charge in [0.15, 0.2) is 0 Å². The Labute approximate surface area is 129 Å². The van der Waals surface area contributed by atoms with Crippen molar-refractivity contribution in [3.63, 3.8) is 0 Å². The highest BCUT2D eigenvalue weighted by Crippen LogP contribution is 2.17. The van der Waals surface area contributed by atoms with Crippen molar-refractivity contribution >= 4 is 29.3 Å². The number of carboxylic acids is 1. The summed E-state index contributed by atoms with van der Waals surface area (Å²) in [4.78, 5) is 24.6. The molecule has 6 heteroatoms. The number of carboxylic acid groups (broad SMARTS) is 1. The number of nitrogens with zero attached hydrogens (tertiary/aromatic N) is 1. The fourth-order valence-electron chi connectivity index (χ4n) is 1.71. The molecule has 1 aromatic carbocycles. The Kier molecular flexibility index (Phi) is 7.85. The second-order valence-corrected chi connectivity index (χ2v) is 5.68. The molecule has 0 atom stereocenters. The van der Waals surface area contributed by atoms with Crippen LogP contribution >= 0.6 is 11.8 Å². The number of amides is 1. The predicted octanol–water partition coefficient (Wildman–Crippen LogP) is 2.18. The average Bonchev–Trinajstić information content (AvgIpc) is 2.45. The van der Waals surface area contributed by atoms with Gasteiger partial charge in [-0.25, -0.2) is 0 Å². The van der Waals surface area contributed by atoms with E-state index in [1.54, 1.807) is 7.11 Å². The molecule has 0 unspecified atom stereocenters. The van der Waals surface area contributed by atoms with Crippen LogP contribution in [-0.4, -0.2) is 48.8 Å². The van der Waals surface area contributed by atoms with Gasteiger partial charge in [0.25, 0.3) is 0 Å². The summed E-state index contributed by atoms with van der Waals surface area (Å²) < 4.78 is 4.94. The van der Waals surface area contributed by atoms with Crippen LogP contribution in [0.15, 0.2) is 24.3 Å². The van der Waals surface area contributed by atoms with Crippen molar-refractivity contribution in [2.75, 3.05) is 36.7 Å². The molecule has 0 bridgehead atoms. The molecule has 1 amide bonds. The van der Waals surface area contributed by atoms with Crippen LogP contribution in [0.4, 0.5) is 5.69 Å². The Balaban J connectivity index is 2.69. The molecule has 0 aliphatic heterocycles. The first-order valence-corrected chi connectivity index (χ1v) is 7.85. The Bertz CT molecular complexity index is 461. The van der Waals surface area contributed by atoms with Crippen LogP contribution in [0.1, 0.15) is 12.0 Å². The number of hydrogen-bond donors (Lipinski definition) is 1. The van der Waals surface area contributed by atoms with Gasteiger partial charge in [-0.2, -0.15) is 0 Å². The van der Waals surface area contributed by atoms with Crippen molar-refractivity contribution in [1.29, 1.82) is 0 Å². The number of carbonyl (C=O) groups excluding carboxylic acids is 1. The molecule has 0 aliphatic carbocycles. The first kappa shape index (κ1) is 17.5. The van der Waals surface area contributed by atoms with Gasteiger partial charge < -0.3 is 14.7 Å². The molecule has 0 fully saturated rings. The van der Waals surface area contributed by atoms with Gasteiger partial charge in [-0.3, -0.25) is 9.59 Å². The molecule has 0 aliphatic rings. The van der Waals surface area contributed by atoms with Crippen LogP contribution in [0.5, 0.6) is 0 Å². The topological polar surface area (TPSA) is 66.8 Å². The Morgan fingerprint density at radius 2 is 1.95 bits per heavy atom. The van der Waals surface area contributed by atoms with Crippen molar-refractivity contribution in [2.45, 2.75) is 13.3 Å².